The lowest BCUT2D eigenvalue weighted by Crippen LogP contribution is -2.51. The third kappa shape index (κ3) is 8.24. The van der Waals surface area contributed by atoms with Crippen LogP contribution in [0.1, 0.15) is 31.4 Å². The molecule has 12 heteroatoms. The maximum Gasteiger partial charge on any atom is 0.416 e. The molecule has 0 bridgehead atoms. The van der Waals surface area contributed by atoms with Crippen LogP contribution in [0.15, 0.2) is 53.0 Å². The molecule has 0 aliphatic heterocycles. The van der Waals surface area contributed by atoms with Crippen molar-refractivity contribution in [1.29, 1.82) is 0 Å². The highest BCUT2D eigenvalue weighted by Gasteiger charge is 2.33. The highest BCUT2D eigenvalue weighted by atomic mass is 79.9. The molecule has 1 unspecified atom stereocenters. The summed E-state index contributed by atoms with van der Waals surface area (Å²) in [4.78, 5) is 27.2. The van der Waals surface area contributed by atoms with Crippen LogP contribution in [0.4, 0.5) is 18.9 Å². The van der Waals surface area contributed by atoms with Gasteiger partial charge in [0.15, 0.2) is 0 Å². The highest BCUT2D eigenvalue weighted by molar-refractivity contribution is 9.10. The van der Waals surface area contributed by atoms with E-state index in [2.05, 4.69) is 21.2 Å². The molecule has 1 N–H and O–H groups in total. The summed E-state index contributed by atoms with van der Waals surface area (Å²) in [6.45, 7) is 2.98. The Morgan fingerprint density at radius 3 is 2.34 bits per heavy atom. The monoisotopic (exact) mass is 577 g/mol. The van der Waals surface area contributed by atoms with Crippen LogP contribution in [0.5, 0.6) is 0 Å². The van der Waals surface area contributed by atoms with E-state index in [0.29, 0.717) is 28.9 Å². The van der Waals surface area contributed by atoms with Gasteiger partial charge in [0.05, 0.1) is 17.5 Å². The Morgan fingerprint density at radius 1 is 1.11 bits per heavy atom. The van der Waals surface area contributed by atoms with Crippen molar-refractivity contribution in [3.63, 3.8) is 0 Å². The average molecular weight is 578 g/mol. The van der Waals surface area contributed by atoms with Crippen LogP contribution in [0.3, 0.4) is 0 Å². The fourth-order valence-corrected chi connectivity index (χ4v) is 4.55. The fourth-order valence-electron chi connectivity index (χ4n) is 3.26. The molecule has 7 nitrogen and oxygen atoms in total. The van der Waals surface area contributed by atoms with E-state index in [0.717, 1.165) is 22.9 Å². The van der Waals surface area contributed by atoms with Crippen molar-refractivity contribution in [2.75, 3.05) is 23.7 Å². The van der Waals surface area contributed by atoms with Crippen LogP contribution in [0.2, 0.25) is 0 Å². The van der Waals surface area contributed by atoms with Gasteiger partial charge in [0, 0.05) is 17.6 Å². The van der Waals surface area contributed by atoms with Crippen LogP contribution < -0.4 is 9.62 Å². The van der Waals surface area contributed by atoms with E-state index in [1.807, 2.05) is 6.92 Å². The molecule has 2 rings (SSSR count). The standard InChI is InChI=1S/C23H27BrF3N3O4S/c1-4-11-28-22(32)16(2)29(14-17-7-5-9-19(24)12-17)21(31)15-30(35(3,33)34)20-10-6-8-18(13-20)23(25,26)27/h5-10,12-13,16H,4,11,14-15H2,1-3H3,(H,28,32). The van der Waals surface area contributed by atoms with Gasteiger partial charge in [-0.1, -0.05) is 41.1 Å². The van der Waals surface area contributed by atoms with Crippen LogP contribution in [0, 0.1) is 0 Å². The SMILES string of the molecule is CCCNC(=O)C(C)N(Cc1cccc(Br)c1)C(=O)CN(c1cccc(C(F)(F)F)c1)S(C)(=O)=O. The highest BCUT2D eigenvalue weighted by Crippen LogP contribution is 2.32. The average Bonchev–Trinajstić information content (AvgIpc) is 2.77. The van der Waals surface area contributed by atoms with Crippen LogP contribution in [-0.2, 0) is 32.3 Å². The predicted molar refractivity (Wildman–Crippen MR) is 131 cm³/mol. The minimum atomic E-state index is -4.69. The van der Waals surface area contributed by atoms with E-state index in [-0.39, 0.29) is 12.2 Å². The molecule has 0 saturated carbocycles. The second kappa shape index (κ2) is 11.9. The van der Waals surface area contributed by atoms with E-state index in [1.165, 1.54) is 17.9 Å². The summed E-state index contributed by atoms with van der Waals surface area (Å²) >= 11 is 3.35. The summed E-state index contributed by atoms with van der Waals surface area (Å²) in [7, 11) is -4.14. The van der Waals surface area contributed by atoms with Gasteiger partial charge in [-0.05, 0) is 49.2 Å². The van der Waals surface area contributed by atoms with E-state index >= 15 is 0 Å². The molecule has 0 aromatic heterocycles. The molecule has 0 saturated heterocycles. The molecule has 35 heavy (non-hydrogen) atoms. The van der Waals surface area contributed by atoms with Crippen molar-refractivity contribution in [3.8, 4) is 0 Å². The number of nitrogens with one attached hydrogen (secondary N) is 1. The number of hydrogen-bond donors (Lipinski definition) is 1. The lowest BCUT2D eigenvalue weighted by Gasteiger charge is -2.31. The lowest BCUT2D eigenvalue weighted by molar-refractivity contribution is -0.139. The summed E-state index contributed by atoms with van der Waals surface area (Å²) in [5.74, 6) is -1.17. The largest absolute Gasteiger partial charge is 0.416 e. The van der Waals surface area contributed by atoms with Gasteiger partial charge >= 0.3 is 6.18 Å². The molecule has 192 valence electrons. The second-order valence-corrected chi connectivity index (χ2v) is 10.8. The molecule has 0 radical (unpaired) electrons. The molecule has 0 spiro atoms. The Morgan fingerprint density at radius 2 is 1.77 bits per heavy atom. The number of carbonyl (C=O) groups excluding carboxylic acids is 2. The molecule has 1 atom stereocenters. The fraction of sp³-hybridized carbons (Fsp3) is 0.391. The van der Waals surface area contributed by atoms with Crippen LogP contribution >= 0.6 is 15.9 Å². The van der Waals surface area contributed by atoms with E-state index in [9.17, 15) is 31.2 Å². The van der Waals surface area contributed by atoms with Crippen molar-refractivity contribution in [1.82, 2.24) is 10.2 Å². The normalized spacial score (nSPS) is 12.7. The Hall–Kier alpha value is -2.60. The molecular weight excluding hydrogens is 551 g/mol. The molecule has 2 aromatic rings. The Kier molecular flexibility index (Phi) is 9.73. The molecule has 0 aliphatic rings. The summed E-state index contributed by atoms with van der Waals surface area (Å²) in [5.41, 5.74) is -0.677. The van der Waals surface area contributed by atoms with Gasteiger partial charge in [-0.2, -0.15) is 13.2 Å². The second-order valence-electron chi connectivity index (χ2n) is 7.94. The first-order valence-corrected chi connectivity index (χ1v) is 13.3. The van der Waals surface area contributed by atoms with Crippen molar-refractivity contribution >= 4 is 43.5 Å². The summed E-state index contributed by atoms with van der Waals surface area (Å²) in [5, 5.41) is 2.70. The topological polar surface area (TPSA) is 86.8 Å². The van der Waals surface area contributed by atoms with Crippen molar-refractivity contribution in [3.05, 3.63) is 64.1 Å². The number of amides is 2. The first-order chi connectivity index (χ1) is 16.2. The number of rotatable bonds is 10. The number of benzene rings is 2. The maximum absolute atomic E-state index is 13.4. The Bertz CT molecular complexity index is 1160. The first-order valence-electron chi connectivity index (χ1n) is 10.7. The van der Waals surface area contributed by atoms with Gasteiger partial charge in [0.1, 0.15) is 12.6 Å². The molecule has 2 amide bonds. The Labute approximate surface area is 211 Å². The predicted octanol–water partition coefficient (Wildman–Crippen LogP) is 4.18. The molecule has 0 fully saturated rings. The van der Waals surface area contributed by atoms with Crippen molar-refractivity contribution in [2.45, 2.75) is 39.0 Å². The zero-order valence-corrected chi connectivity index (χ0v) is 21.9. The van der Waals surface area contributed by atoms with Gasteiger partial charge < -0.3 is 10.2 Å². The number of nitrogens with zero attached hydrogens (tertiary/aromatic N) is 2. The van der Waals surface area contributed by atoms with Gasteiger partial charge in [-0.3, -0.25) is 13.9 Å². The zero-order chi connectivity index (χ0) is 26.4. The third-order valence-electron chi connectivity index (χ3n) is 5.10. The number of anilines is 1. The van der Waals surface area contributed by atoms with E-state index < -0.39 is 46.2 Å². The zero-order valence-electron chi connectivity index (χ0n) is 19.5. The molecule has 0 heterocycles. The lowest BCUT2D eigenvalue weighted by atomic mass is 10.1. The van der Waals surface area contributed by atoms with Crippen molar-refractivity contribution in [2.24, 2.45) is 0 Å². The van der Waals surface area contributed by atoms with Crippen molar-refractivity contribution < 1.29 is 31.2 Å². The number of sulfonamides is 1. The quantitative estimate of drug-likeness (QED) is 0.459. The smallest absolute Gasteiger partial charge is 0.354 e. The van der Waals surface area contributed by atoms with E-state index in [1.54, 1.807) is 24.3 Å². The summed E-state index contributed by atoms with van der Waals surface area (Å²) < 4.78 is 65.9. The van der Waals surface area contributed by atoms with Gasteiger partial charge in [-0.25, -0.2) is 8.42 Å². The van der Waals surface area contributed by atoms with Gasteiger partial charge in [-0.15, -0.1) is 0 Å². The number of hydrogen-bond acceptors (Lipinski definition) is 4. The molecule has 0 aliphatic carbocycles. The van der Waals surface area contributed by atoms with Crippen LogP contribution in [0.25, 0.3) is 0 Å². The number of alkyl halides is 3. The van der Waals surface area contributed by atoms with E-state index in [4.69, 9.17) is 0 Å². The van der Waals surface area contributed by atoms with Gasteiger partial charge in [0.2, 0.25) is 21.8 Å². The minimum Gasteiger partial charge on any atom is -0.354 e. The third-order valence-corrected chi connectivity index (χ3v) is 6.73. The minimum absolute atomic E-state index is 0.0147. The Balaban J connectivity index is 2.43. The summed E-state index contributed by atoms with van der Waals surface area (Å²) in [6, 6.07) is 9.79. The van der Waals surface area contributed by atoms with Gasteiger partial charge in [0.25, 0.3) is 0 Å². The number of carbonyl (C=O) groups is 2. The molecular formula is C23H27BrF3N3O4S. The summed E-state index contributed by atoms with van der Waals surface area (Å²) in [6.07, 6.45) is -3.21. The van der Waals surface area contributed by atoms with Crippen LogP contribution in [-0.4, -0.2) is 50.5 Å². The molecule has 2 aromatic carbocycles. The number of halogens is 4. The first kappa shape index (κ1) is 28.6. The maximum atomic E-state index is 13.4.